The summed E-state index contributed by atoms with van der Waals surface area (Å²) in [7, 11) is 0. The first-order valence-electron chi connectivity index (χ1n) is 6.46. The SMILES string of the molecule is CC1NC(=O)/C(=C\c2cccc3ccccc23)NC1=O. The van der Waals surface area contributed by atoms with Crippen LogP contribution in [-0.4, -0.2) is 17.9 Å². The largest absolute Gasteiger partial charge is 0.339 e. The summed E-state index contributed by atoms with van der Waals surface area (Å²) in [5, 5.41) is 7.41. The van der Waals surface area contributed by atoms with Crippen molar-refractivity contribution in [2.45, 2.75) is 13.0 Å². The zero-order chi connectivity index (χ0) is 14.1. The summed E-state index contributed by atoms with van der Waals surface area (Å²) < 4.78 is 0. The number of piperazine rings is 1. The highest BCUT2D eigenvalue weighted by atomic mass is 16.2. The molecule has 4 nitrogen and oxygen atoms in total. The second-order valence-corrected chi connectivity index (χ2v) is 4.81. The van der Waals surface area contributed by atoms with E-state index in [1.165, 1.54) is 0 Å². The molecule has 1 unspecified atom stereocenters. The third kappa shape index (κ3) is 2.16. The Labute approximate surface area is 116 Å². The summed E-state index contributed by atoms with van der Waals surface area (Å²) >= 11 is 0. The minimum absolute atomic E-state index is 0.198. The monoisotopic (exact) mass is 266 g/mol. The number of carbonyl (C=O) groups excluding carboxylic acids is 2. The van der Waals surface area contributed by atoms with E-state index >= 15 is 0 Å². The Morgan fingerprint density at radius 2 is 1.80 bits per heavy atom. The lowest BCUT2D eigenvalue weighted by Gasteiger charge is -2.22. The predicted octanol–water partition coefficient (Wildman–Crippen LogP) is 1.82. The highest BCUT2D eigenvalue weighted by molar-refractivity contribution is 6.08. The molecule has 20 heavy (non-hydrogen) atoms. The summed E-state index contributed by atoms with van der Waals surface area (Å²) in [5.41, 5.74) is 1.19. The lowest BCUT2D eigenvalue weighted by Crippen LogP contribution is -2.53. The molecule has 0 spiro atoms. The minimum Gasteiger partial charge on any atom is -0.339 e. The second-order valence-electron chi connectivity index (χ2n) is 4.81. The van der Waals surface area contributed by atoms with E-state index in [4.69, 9.17) is 0 Å². The van der Waals surface area contributed by atoms with Gasteiger partial charge in [-0.05, 0) is 29.3 Å². The number of hydrogen-bond acceptors (Lipinski definition) is 2. The van der Waals surface area contributed by atoms with Crippen molar-refractivity contribution in [3.63, 3.8) is 0 Å². The number of amides is 2. The molecule has 0 aliphatic carbocycles. The molecule has 100 valence electrons. The van der Waals surface area contributed by atoms with Gasteiger partial charge < -0.3 is 10.6 Å². The maximum atomic E-state index is 11.9. The van der Waals surface area contributed by atoms with Crippen LogP contribution in [0.4, 0.5) is 0 Å². The molecule has 1 fully saturated rings. The minimum atomic E-state index is -0.493. The summed E-state index contributed by atoms with van der Waals surface area (Å²) in [6.07, 6.45) is 1.71. The van der Waals surface area contributed by atoms with E-state index in [1.54, 1.807) is 13.0 Å². The zero-order valence-electron chi connectivity index (χ0n) is 11.0. The summed E-state index contributed by atoms with van der Waals surface area (Å²) in [5.74, 6) is -0.457. The van der Waals surface area contributed by atoms with Gasteiger partial charge in [0.2, 0.25) is 5.91 Å². The van der Waals surface area contributed by atoms with Crippen LogP contribution in [0.1, 0.15) is 12.5 Å². The molecule has 2 aromatic carbocycles. The van der Waals surface area contributed by atoms with Crippen LogP contribution in [0.2, 0.25) is 0 Å². The first kappa shape index (κ1) is 12.4. The van der Waals surface area contributed by atoms with Crippen molar-refractivity contribution in [3.8, 4) is 0 Å². The van der Waals surface area contributed by atoms with E-state index in [0.29, 0.717) is 0 Å². The maximum Gasteiger partial charge on any atom is 0.268 e. The molecule has 4 heteroatoms. The lowest BCUT2D eigenvalue weighted by molar-refractivity contribution is -0.130. The van der Waals surface area contributed by atoms with E-state index in [-0.39, 0.29) is 17.5 Å². The van der Waals surface area contributed by atoms with Crippen LogP contribution >= 0.6 is 0 Å². The molecule has 0 radical (unpaired) electrons. The third-order valence-corrected chi connectivity index (χ3v) is 3.37. The first-order chi connectivity index (χ1) is 9.65. The Bertz CT molecular complexity index is 729. The van der Waals surface area contributed by atoms with Crippen molar-refractivity contribution < 1.29 is 9.59 Å². The number of benzene rings is 2. The molecule has 3 rings (SSSR count). The second kappa shape index (κ2) is 4.81. The molecule has 2 N–H and O–H groups in total. The first-order valence-corrected chi connectivity index (χ1v) is 6.46. The Morgan fingerprint density at radius 3 is 2.65 bits per heavy atom. The number of fused-ring (bicyclic) bond motifs is 1. The lowest BCUT2D eigenvalue weighted by atomic mass is 10.0. The molecule has 1 atom stereocenters. The van der Waals surface area contributed by atoms with Gasteiger partial charge in [0.1, 0.15) is 11.7 Å². The maximum absolute atomic E-state index is 11.9. The van der Waals surface area contributed by atoms with E-state index in [0.717, 1.165) is 16.3 Å². The normalized spacial score (nSPS) is 20.9. The molecule has 2 amide bonds. The fourth-order valence-corrected chi connectivity index (χ4v) is 2.27. The van der Waals surface area contributed by atoms with Crippen LogP contribution in [0.5, 0.6) is 0 Å². The average Bonchev–Trinajstić information content (AvgIpc) is 2.45. The Balaban J connectivity index is 2.06. The molecule has 2 aromatic rings. The van der Waals surface area contributed by atoms with Crippen LogP contribution in [0, 0.1) is 0 Å². The van der Waals surface area contributed by atoms with Crippen molar-refractivity contribution in [1.82, 2.24) is 10.6 Å². The summed E-state index contributed by atoms with van der Waals surface area (Å²) in [6, 6.07) is 13.3. The van der Waals surface area contributed by atoms with Gasteiger partial charge >= 0.3 is 0 Å². The average molecular weight is 266 g/mol. The number of carbonyl (C=O) groups is 2. The summed E-state index contributed by atoms with van der Waals surface area (Å²) in [4.78, 5) is 23.5. The van der Waals surface area contributed by atoms with Gasteiger partial charge in [0.15, 0.2) is 0 Å². The molecule has 0 aromatic heterocycles. The Hall–Kier alpha value is -2.62. The number of nitrogens with one attached hydrogen (secondary N) is 2. The van der Waals surface area contributed by atoms with Crippen LogP contribution in [0.25, 0.3) is 16.8 Å². The zero-order valence-corrected chi connectivity index (χ0v) is 11.0. The van der Waals surface area contributed by atoms with Crippen molar-refractivity contribution >= 4 is 28.7 Å². The van der Waals surface area contributed by atoms with Gasteiger partial charge in [0.25, 0.3) is 5.91 Å². The van der Waals surface area contributed by atoms with Crippen molar-refractivity contribution in [1.29, 1.82) is 0 Å². The highest BCUT2D eigenvalue weighted by Crippen LogP contribution is 2.21. The van der Waals surface area contributed by atoms with Gasteiger partial charge in [-0.3, -0.25) is 9.59 Å². The Kier molecular flexibility index (Phi) is 2.99. The van der Waals surface area contributed by atoms with E-state index in [1.807, 2.05) is 42.5 Å². The van der Waals surface area contributed by atoms with Gasteiger partial charge in [0, 0.05) is 0 Å². The van der Waals surface area contributed by atoms with E-state index in [9.17, 15) is 9.59 Å². The van der Waals surface area contributed by atoms with E-state index < -0.39 is 6.04 Å². The fraction of sp³-hybridized carbons (Fsp3) is 0.125. The standard InChI is InChI=1S/C16H14N2O2/c1-10-15(19)18-14(16(20)17-10)9-12-7-4-6-11-5-2-3-8-13(11)12/h2-10H,1H3,(H,17,20)(H,18,19)/b14-9+. The molecule has 1 aliphatic heterocycles. The van der Waals surface area contributed by atoms with Gasteiger partial charge in [-0.1, -0.05) is 42.5 Å². The van der Waals surface area contributed by atoms with Gasteiger partial charge in [-0.2, -0.15) is 0 Å². The number of rotatable bonds is 1. The molecule has 0 bridgehead atoms. The smallest absolute Gasteiger partial charge is 0.268 e. The van der Waals surface area contributed by atoms with Gasteiger partial charge in [-0.15, -0.1) is 0 Å². The van der Waals surface area contributed by atoms with Crippen LogP contribution in [0.3, 0.4) is 0 Å². The molecular weight excluding hydrogens is 252 g/mol. The quantitative estimate of drug-likeness (QED) is 0.773. The van der Waals surface area contributed by atoms with Gasteiger partial charge in [-0.25, -0.2) is 0 Å². The van der Waals surface area contributed by atoms with Crippen LogP contribution in [-0.2, 0) is 9.59 Å². The highest BCUT2D eigenvalue weighted by Gasteiger charge is 2.26. The molecule has 1 heterocycles. The molecular formula is C16H14N2O2. The van der Waals surface area contributed by atoms with Crippen molar-refractivity contribution in [2.24, 2.45) is 0 Å². The summed E-state index contributed by atoms with van der Waals surface area (Å²) in [6.45, 7) is 1.65. The molecule has 1 aliphatic rings. The van der Waals surface area contributed by atoms with Crippen LogP contribution in [0.15, 0.2) is 48.2 Å². The van der Waals surface area contributed by atoms with Crippen molar-refractivity contribution in [2.75, 3.05) is 0 Å². The van der Waals surface area contributed by atoms with E-state index in [2.05, 4.69) is 10.6 Å². The predicted molar refractivity (Wildman–Crippen MR) is 77.7 cm³/mol. The van der Waals surface area contributed by atoms with Crippen molar-refractivity contribution in [3.05, 3.63) is 53.7 Å². The Morgan fingerprint density at radius 1 is 1.05 bits per heavy atom. The number of hydrogen-bond donors (Lipinski definition) is 2. The van der Waals surface area contributed by atoms with Crippen LogP contribution < -0.4 is 10.6 Å². The molecule has 1 saturated heterocycles. The fourth-order valence-electron chi connectivity index (χ4n) is 2.27. The molecule has 0 saturated carbocycles. The third-order valence-electron chi connectivity index (χ3n) is 3.37. The topological polar surface area (TPSA) is 58.2 Å². The van der Waals surface area contributed by atoms with Gasteiger partial charge in [0.05, 0.1) is 0 Å².